The Labute approximate surface area is 187 Å². The minimum absolute atomic E-state index is 0.144. The summed E-state index contributed by atoms with van der Waals surface area (Å²) >= 11 is 0. The van der Waals surface area contributed by atoms with Gasteiger partial charge in [0.1, 0.15) is 11.8 Å². The highest BCUT2D eigenvalue weighted by atomic mass is 16.3. The Balaban J connectivity index is 0. The standard InChI is InChI=1S/C17H30N6O7.C2H6/c1-4-11(18-3)17(30)23-12(9-24)16(29)22-8-15(28)21-7-14(27)20-6-13(26)19-5-10(2)25;1-2/h11-12,18,24H,4-9H2,1-3H3,(H,19,26)(H,20,27)(H,21,28)(H,22,29)(H,23,30);1-2H3. The van der Waals surface area contributed by atoms with Crippen LogP contribution in [0.1, 0.15) is 34.1 Å². The van der Waals surface area contributed by atoms with Gasteiger partial charge in [-0.3, -0.25) is 28.8 Å². The summed E-state index contributed by atoms with van der Waals surface area (Å²) in [5.41, 5.74) is 0. The summed E-state index contributed by atoms with van der Waals surface area (Å²) in [6.45, 7) is 4.99. The highest BCUT2D eigenvalue weighted by molar-refractivity contribution is 5.93. The fourth-order valence-corrected chi connectivity index (χ4v) is 2.05. The summed E-state index contributed by atoms with van der Waals surface area (Å²) in [5.74, 6) is -3.37. The molecule has 2 atom stereocenters. The molecule has 0 aromatic carbocycles. The van der Waals surface area contributed by atoms with Gasteiger partial charge in [0, 0.05) is 0 Å². The van der Waals surface area contributed by atoms with E-state index in [1.807, 2.05) is 13.8 Å². The van der Waals surface area contributed by atoms with Crippen molar-refractivity contribution in [2.24, 2.45) is 0 Å². The SMILES string of the molecule is CC.CCC(NC)C(=O)NC(CO)C(=O)NCC(=O)NCC(=O)NCC(=O)NCC(C)=O. The molecule has 0 aliphatic rings. The van der Waals surface area contributed by atoms with Crippen molar-refractivity contribution in [3.63, 3.8) is 0 Å². The number of hydrogen-bond donors (Lipinski definition) is 7. The molecule has 184 valence electrons. The van der Waals surface area contributed by atoms with Gasteiger partial charge >= 0.3 is 0 Å². The van der Waals surface area contributed by atoms with Gasteiger partial charge in [-0.1, -0.05) is 20.8 Å². The molecule has 0 aliphatic heterocycles. The van der Waals surface area contributed by atoms with Crippen LogP contribution in [0.4, 0.5) is 0 Å². The van der Waals surface area contributed by atoms with Gasteiger partial charge in [-0.05, 0) is 20.4 Å². The molecule has 2 unspecified atom stereocenters. The van der Waals surface area contributed by atoms with E-state index in [-0.39, 0.29) is 18.9 Å². The molecule has 0 rings (SSSR count). The van der Waals surface area contributed by atoms with Crippen LogP contribution in [-0.2, 0) is 28.8 Å². The molecule has 13 nitrogen and oxygen atoms in total. The van der Waals surface area contributed by atoms with E-state index in [0.717, 1.165) is 0 Å². The predicted octanol–water partition coefficient (Wildman–Crippen LogP) is -3.46. The quantitative estimate of drug-likeness (QED) is 0.139. The second-order valence-corrected chi connectivity index (χ2v) is 6.24. The molecule has 0 fully saturated rings. The molecule has 32 heavy (non-hydrogen) atoms. The summed E-state index contributed by atoms with van der Waals surface area (Å²) < 4.78 is 0. The monoisotopic (exact) mass is 460 g/mol. The molecule has 0 saturated heterocycles. The van der Waals surface area contributed by atoms with Crippen molar-refractivity contribution in [1.29, 1.82) is 0 Å². The average Bonchev–Trinajstić information content (AvgIpc) is 2.78. The number of Topliss-reactive ketones (excluding diaryl/α,β-unsaturated/α-hetero) is 1. The molecule has 7 N–H and O–H groups in total. The van der Waals surface area contributed by atoms with E-state index < -0.39 is 61.3 Å². The Morgan fingerprint density at radius 1 is 0.719 bits per heavy atom. The predicted molar refractivity (Wildman–Crippen MR) is 116 cm³/mol. The van der Waals surface area contributed by atoms with Gasteiger partial charge in [-0.2, -0.15) is 0 Å². The topological polar surface area (TPSA) is 195 Å². The fourth-order valence-electron chi connectivity index (χ4n) is 2.05. The average molecular weight is 461 g/mol. The molecule has 0 spiro atoms. The summed E-state index contributed by atoms with van der Waals surface area (Å²) in [7, 11) is 1.58. The maximum Gasteiger partial charge on any atom is 0.245 e. The molecule has 13 heteroatoms. The van der Waals surface area contributed by atoms with Crippen LogP contribution in [0.2, 0.25) is 0 Å². The zero-order valence-corrected chi connectivity index (χ0v) is 19.3. The Bertz CT molecular complexity index is 638. The number of nitrogens with one attached hydrogen (secondary N) is 6. The zero-order chi connectivity index (χ0) is 25.1. The minimum Gasteiger partial charge on any atom is -0.394 e. The van der Waals surface area contributed by atoms with Crippen molar-refractivity contribution in [3.8, 4) is 0 Å². The summed E-state index contributed by atoms with van der Waals surface area (Å²) in [4.78, 5) is 69.3. The molecular formula is C19H36N6O7. The highest BCUT2D eigenvalue weighted by Gasteiger charge is 2.23. The van der Waals surface area contributed by atoms with E-state index in [1.54, 1.807) is 14.0 Å². The van der Waals surface area contributed by atoms with Crippen LogP contribution < -0.4 is 31.9 Å². The van der Waals surface area contributed by atoms with Crippen LogP contribution in [0.5, 0.6) is 0 Å². The van der Waals surface area contributed by atoms with Gasteiger partial charge in [-0.15, -0.1) is 0 Å². The Morgan fingerprint density at radius 3 is 1.53 bits per heavy atom. The number of aliphatic hydroxyl groups excluding tert-OH is 1. The number of carbonyl (C=O) groups excluding carboxylic acids is 6. The third-order valence-electron chi connectivity index (χ3n) is 3.74. The molecule has 0 saturated carbocycles. The van der Waals surface area contributed by atoms with E-state index in [4.69, 9.17) is 0 Å². The summed E-state index contributed by atoms with van der Waals surface area (Å²) in [5, 5.41) is 23.4. The lowest BCUT2D eigenvalue weighted by Crippen LogP contribution is -2.54. The van der Waals surface area contributed by atoms with Gasteiger partial charge in [0.25, 0.3) is 0 Å². The number of likely N-dealkylation sites (N-methyl/N-ethyl adjacent to an activating group) is 1. The maximum absolute atomic E-state index is 12.0. The molecule has 0 aromatic heterocycles. The van der Waals surface area contributed by atoms with Crippen molar-refractivity contribution in [2.45, 2.75) is 46.2 Å². The Morgan fingerprint density at radius 2 is 1.16 bits per heavy atom. The highest BCUT2D eigenvalue weighted by Crippen LogP contribution is 1.92. The van der Waals surface area contributed by atoms with Crippen molar-refractivity contribution >= 4 is 35.3 Å². The number of amides is 5. The molecule has 0 aliphatic carbocycles. The van der Waals surface area contributed by atoms with Crippen molar-refractivity contribution in [2.75, 3.05) is 39.8 Å². The van der Waals surface area contributed by atoms with Crippen LogP contribution in [0.15, 0.2) is 0 Å². The van der Waals surface area contributed by atoms with Crippen LogP contribution in [0, 0.1) is 0 Å². The van der Waals surface area contributed by atoms with E-state index in [0.29, 0.717) is 6.42 Å². The first-order chi connectivity index (χ1) is 15.1. The lowest BCUT2D eigenvalue weighted by molar-refractivity contribution is -0.132. The van der Waals surface area contributed by atoms with Gasteiger partial charge in [-0.25, -0.2) is 0 Å². The van der Waals surface area contributed by atoms with E-state index in [2.05, 4.69) is 31.9 Å². The van der Waals surface area contributed by atoms with Gasteiger partial charge in [0.05, 0.1) is 38.8 Å². The first kappa shape index (κ1) is 31.1. The van der Waals surface area contributed by atoms with Gasteiger partial charge < -0.3 is 37.0 Å². The molecule has 0 heterocycles. The van der Waals surface area contributed by atoms with Gasteiger partial charge in [0.15, 0.2) is 0 Å². The van der Waals surface area contributed by atoms with Crippen LogP contribution in [-0.4, -0.2) is 92.3 Å². The number of ketones is 1. The molecular weight excluding hydrogens is 424 g/mol. The number of carbonyl (C=O) groups is 6. The van der Waals surface area contributed by atoms with Crippen LogP contribution in [0.3, 0.4) is 0 Å². The second kappa shape index (κ2) is 18.7. The minimum atomic E-state index is -1.23. The second-order valence-electron chi connectivity index (χ2n) is 6.24. The van der Waals surface area contributed by atoms with Crippen molar-refractivity contribution in [1.82, 2.24) is 31.9 Å². The maximum atomic E-state index is 12.0. The van der Waals surface area contributed by atoms with Crippen LogP contribution >= 0.6 is 0 Å². The smallest absolute Gasteiger partial charge is 0.245 e. The molecule has 0 bridgehead atoms. The summed E-state index contributed by atoms with van der Waals surface area (Å²) in [6.07, 6.45) is 0.477. The van der Waals surface area contributed by atoms with E-state index >= 15 is 0 Å². The largest absolute Gasteiger partial charge is 0.394 e. The number of hydrogen-bond acceptors (Lipinski definition) is 8. The molecule has 0 radical (unpaired) electrons. The molecule has 5 amide bonds. The lowest BCUT2D eigenvalue weighted by Gasteiger charge is -2.19. The van der Waals surface area contributed by atoms with E-state index in [9.17, 15) is 33.9 Å². The zero-order valence-electron chi connectivity index (χ0n) is 19.3. The van der Waals surface area contributed by atoms with Crippen LogP contribution in [0.25, 0.3) is 0 Å². The lowest BCUT2D eigenvalue weighted by atomic mass is 10.2. The third-order valence-corrected chi connectivity index (χ3v) is 3.74. The summed E-state index contributed by atoms with van der Waals surface area (Å²) in [6, 6.07) is -1.76. The Kier molecular flexibility index (Phi) is 18.2. The van der Waals surface area contributed by atoms with Crippen molar-refractivity contribution < 1.29 is 33.9 Å². The third kappa shape index (κ3) is 14.8. The first-order valence-corrected chi connectivity index (χ1v) is 10.3. The normalized spacial score (nSPS) is 11.6. The van der Waals surface area contributed by atoms with E-state index in [1.165, 1.54) is 6.92 Å². The number of rotatable bonds is 14. The first-order valence-electron chi connectivity index (χ1n) is 10.3. The van der Waals surface area contributed by atoms with Crippen molar-refractivity contribution in [3.05, 3.63) is 0 Å². The fraction of sp³-hybridized carbons (Fsp3) is 0.684. The number of aliphatic hydroxyl groups is 1. The Hall–Kier alpha value is -3.06. The van der Waals surface area contributed by atoms with Gasteiger partial charge in [0.2, 0.25) is 29.5 Å². The molecule has 0 aromatic rings.